The third kappa shape index (κ3) is 2.56. The third-order valence-electron chi connectivity index (χ3n) is 2.23. The monoisotopic (exact) mass is 268 g/mol. The predicted octanol–water partition coefficient (Wildman–Crippen LogP) is 4.07. The van der Waals surface area contributed by atoms with Gasteiger partial charge in [-0.15, -0.1) is 0 Å². The molecule has 0 N–H and O–H groups in total. The van der Waals surface area contributed by atoms with E-state index in [1.54, 1.807) is 0 Å². The Morgan fingerprint density at radius 3 is 2.50 bits per heavy atom. The van der Waals surface area contributed by atoms with Gasteiger partial charge in [0, 0.05) is 5.56 Å². The Morgan fingerprint density at radius 2 is 1.78 bits per heavy atom. The molecule has 18 heavy (non-hydrogen) atoms. The van der Waals surface area contributed by atoms with Gasteiger partial charge in [0.05, 0.1) is 9.79 Å². The van der Waals surface area contributed by atoms with Gasteiger partial charge in [0.1, 0.15) is 17.5 Å². The molecule has 92 valence electrons. The summed E-state index contributed by atoms with van der Waals surface area (Å²) in [6, 6.07) is 6.84. The number of aldehydes is 1. The maximum absolute atomic E-state index is 13.6. The van der Waals surface area contributed by atoms with E-state index in [-0.39, 0.29) is 15.4 Å². The average Bonchev–Trinajstić information content (AvgIpc) is 2.36. The Bertz CT molecular complexity index is 599. The number of hydrogen-bond donors (Lipinski definition) is 0. The fourth-order valence-corrected chi connectivity index (χ4v) is 2.35. The Labute approximate surface area is 106 Å². The van der Waals surface area contributed by atoms with Crippen LogP contribution >= 0.6 is 11.8 Å². The average molecular weight is 268 g/mol. The molecule has 0 bridgehead atoms. The maximum Gasteiger partial charge on any atom is 0.151 e. The molecule has 0 amide bonds. The highest BCUT2D eigenvalue weighted by Gasteiger charge is 2.13. The SMILES string of the molecule is O=Cc1cccc(F)c1Sc1cc(F)ccc1F. The molecule has 0 spiro atoms. The highest BCUT2D eigenvalue weighted by atomic mass is 32.2. The first-order valence-electron chi connectivity index (χ1n) is 4.98. The van der Waals surface area contributed by atoms with Crippen molar-refractivity contribution < 1.29 is 18.0 Å². The van der Waals surface area contributed by atoms with E-state index >= 15 is 0 Å². The quantitative estimate of drug-likeness (QED) is 0.781. The van der Waals surface area contributed by atoms with Crippen molar-refractivity contribution in [3.63, 3.8) is 0 Å². The van der Waals surface area contributed by atoms with Crippen LogP contribution in [0, 0.1) is 17.5 Å². The zero-order chi connectivity index (χ0) is 13.1. The van der Waals surface area contributed by atoms with Gasteiger partial charge in [-0.05, 0) is 24.3 Å². The molecule has 0 aromatic heterocycles. The van der Waals surface area contributed by atoms with E-state index in [4.69, 9.17) is 0 Å². The summed E-state index contributed by atoms with van der Waals surface area (Å²) in [7, 11) is 0. The predicted molar refractivity (Wildman–Crippen MR) is 62.3 cm³/mol. The molecule has 2 rings (SSSR count). The van der Waals surface area contributed by atoms with Crippen molar-refractivity contribution in [1.29, 1.82) is 0 Å². The summed E-state index contributed by atoms with van der Waals surface area (Å²) in [5.74, 6) is -1.93. The minimum Gasteiger partial charge on any atom is -0.298 e. The molecule has 0 unspecified atom stereocenters. The van der Waals surface area contributed by atoms with Crippen molar-refractivity contribution in [2.24, 2.45) is 0 Å². The fraction of sp³-hybridized carbons (Fsp3) is 0. The second kappa shape index (κ2) is 5.27. The minimum atomic E-state index is -0.665. The summed E-state index contributed by atoms with van der Waals surface area (Å²) in [4.78, 5) is 10.7. The lowest BCUT2D eigenvalue weighted by molar-refractivity contribution is 0.112. The third-order valence-corrected chi connectivity index (χ3v) is 3.40. The highest BCUT2D eigenvalue weighted by molar-refractivity contribution is 7.99. The van der Waals surface area contributed by atoms with Gasteiger partial charge < -0.3 is 0 Å². The lowest BCUT2D eigenvalue weighted by Crippen LogP contribution is -1.91. The van der Waals surface area contributed by atoms with E-state index in [9.17, 15) is 18.0 Å². The van der Waals surface area contributed by atoms with Crippen LogP contribution in [-0.4, -0.2) is 6.29 Å². The van der Waals surface area contributed by atoms with E-state index in [0.29, 0.717) is 18.0 Å². The summed E-state index contributed by atoms with van der Waals surface area (Å²) in [6.07, 6.45) is 0.475. The first kappa shape index (κ1) is 12.7. The molecule has 0 aliphatic rings. The van der Waals surface area contributed by atoms with Crippen molar-refractivity contribution in [3.8, 4) is 0 Å². The van der Waals surface area contributed by atoms with Gasteiger partial charge in [0.25, 0.3) is 0 Å². The van der Waals surface area contributed by atoms with Gasteiger partial charge in [-0.25, -0.2) is 13.2 Å². The second-order valence-electron chi connectivity index (χ2n) is 3.45. The first-order valence-corrected chi connectivity index (χ1v) is 5.80. The largest absolute Gasteiger partial charge is 0.298 e. The molecule has 0 saturated carbocycles. The topological polar surface area (TPSA) is 17.1 Å². The normalized spacial score (nSPS) is 10.4. The highest BCUT2D eigenvalue weighted by Crippen LogP contribution is 2.34. The van der Waals surface area contributed by atoms with Crippen LogP contribution in [0.1, 0.15) is 10.4 Å². The van der Waals surface area contributed by atoms with E-state index in [1.807, 2.05) is 0 Å². The molecule has 2 aromatic carbocycles. The van der Waals surface area contributed by atoms with Crippen molar-refractivity contribution in [1.82, 2.24) is 0 Å². The van der Waals surface area contributed by atoms with Crippen LogP contribution in [0.25, 0.3) is 0 Å². The van der Waals surface area contributed by atoms with Gasteiger partial charge in [-0.2, -0.15) is 0 Å². The summed E-state index contributed by atoms with van der Waals surface area (Å²) >= 11 is 0.685. The first-order chi connectivity index (χ1) is 8.61. The van der Waals surface area contributed by atoms with Gasteiger partial charge in [-0.1, -0.05) is 23.9 Å². The number of benzene rings is 2. The molecular weight excluding hydrogens is 261 g/mol. The summed E-state index contributed by atoms with van der Waals surface area (Å²) in [5, 5.41) is 0. The van der Waals surface area contributed by atoms with E-state index < -0.39 is 17.5 Å². The van der Waals surface area contributed by atoms with Crippen molar-refractivity contribution >= 4 is 18.0 Å². The van der Waals surface area contributed by atoms with Crippen LogP contribution < -0.4 is 0 Å². The zero-order valence-corrected chi connectivity index (χ0v) is 9.81. The van der Waals surface area contributed by atoms with Gasteiger partial charge in [0.2, 0.25) is 0 Å². The zero-order valence-electron chi connectivity index (χ0n) is 8.99. The van der Waals surface area contributed by atoms with E-state index in [1.165, 1.54) is 12.1 Å². The standard InChI is InChI=1S/C13H7F3OS/c14-9-4-5-10(15)12(6-9)18-13-8(7-17)2-1-3-11(13)16/h1-7H. The van der Waals surface area contributed by atoms with Crippen molar-refractivity contribution in [2.75, 3.05) is 0 Å². The van der Waals surface area contributed by atoms with Gasteiger partial charge in [0.15, 0.2) is 6.29 Å². The molecule has 0 atom stereocenters. The lowest BCUT2D eigenvalue weighted by Gasteiger charge is -2.06. The van der Waals surface area contributed by atoms with Crippen LogP contribution in [0.4, 0.5) is 13.2 Å². The number of rotatable bonds is 3. The van der Waals surface area contributed by atoms with Crippen LogP contribution in [0.5, 0.6) is 0 Å². The molecule has 0 saturated heterocycles. The molecule has 0 fully saturated rings. The van der Waals surface area contributed by atoms with Crippen LogP contribution in [0.3, 0.4) is 0 Å². The molecule has 5 heteroatoms. The lowest BCUT2D eigenvalue weighted by atomic mass is 10.2. The van der Waals surface area contributed by atoms with Gasteiger partial charge in [-0.3, -0.25) is 4.79 Å². The Balaban J connectivity index is 2.45. The molecule has 0 radical (unpaired) electrons. The Morgan fingerprint density at radius 1 is 1.00 bits per heavy atom. The summed E-state index contributed by atoms with van der Waals surface area (Å²) < 4.78 is 40.0. The van der Waals surface area contributed by atoms with E-state index in [0.717, 1.165) is 24.3 Å². The molecule has 1 nitrogen and oxygen atoms in total. The van der Waals surface area contributed by atoms with Crippen molar-refractivity contribution in [3.05, 3.63) is 59.4 Å². The number of halogens is 3. The Kier molecular flexibility index (Phi) is 3.72. The minimum absolute atomic E-state index is 0.0167. The smallest absolute Gasteiger partial charge is 0.151 e. The molecule has 0 aliphatic heterocycles. The number of carbonyl (C=O) groups excluding carboxylic acids is 1. The van der Waals surface area contributed by atoms with Crippen molar-refractivity contribution in [2.45, 2.75) is 9.79 Å². The molecule has 2 aromatic rings. The van der Waals surface area contributed by atoms with Gasteiger partial charge >= 0.3 is 0 Å². The van der Waals surface area contributed by atoms with Crippen LogP contribution in [-0.2, 0) is 0 Å². The second-order valence-corrected chi connectivity index (χ2v) is 4.51. The molecule has 0 heterocycles. The number of carbonyl (C=O) groups is 1. The molecule has 0 aliphatic carbocycles. The van der Waals surface area contributed by atoms with Crippen LogP contribution in [0.15, 0.2) is 46.2 Å². The Hall–Kier alpha value is -1.75. The fourth-order valence-electron chi connectivity index (χ4n) is 1.39. The maximum atomic E-state index is 13.6. The van der Waals surface area contributed by atoms with E-state index in [2.05, 4.69) is 0 Å². The van der Waals surface area contributed by atoms with Crippen LogP contribution in [0.2, 0.25) is 0 Å². The molecular formula is C13H7F3OS. The number of hydrogen-bond acceptors (Lipinski definition) is 2. The summed E-state index contributed by atoms with van der Waals surface area (Å²) in [5.41, 5.74) is 0.101. The summed E-state index contributed by atoms with van der Waals surface area (Å²) in [6.45, 7) is 0.